The predicted octanol–water partition coefficient (Wildman–Crippen LogP) is 2.06. The third-order valence-corrected chi connectivity index (χ3v) is 5.34. The molecule has 8 heteroatoms. The first kappa shape index (κ1) is 19.8. The molecule has 1 aromatic heterocycles. The molecule has 1 fully saturated rings. The van der Waals surface area contributed by atoms with Crippen molar-refractivity contribution in [1.29, 1.82) is 0 Å². The van der Waals surface area contributed by atoms with Gasteiger partial charge in [0.2, 0.25) is 17.7 Å². The van der Waals surface area contributed by atoms with Crippen molar-refractivity contribution in [3.8, 4) is 0 Å². The number of amides is 3. The van der Waals surface area contributed by atoms with Crippen molar-refractivity contribution in [2.45, 2.75) is 19.3 Å². The number of piperidine rings is 1. The molecule has 28 heavy (non-hydrogen) atoms. The SMILES string of the molecule is NC(=O)Cc1csc(NC(=O)C2CCN(C(=O)/C=C/c3ccccc3)CC2)n1. The Labute approximate surface area is 167 Å². The summed E-state index contributed by atoms with van der Waals surface area (Å²) in [6, 6.07) is 9.65. The molecule has 0 unspecified atom stereocenters. The number of benzene rings is 1. The summed E-state index contributed by atoms with van der Waals surface area (Å²) in [5.41, 5.74) is 6.68. The van der Waals surface area contributed by atoms with Crippen LogP contribution in [0.4, 0.5) is 5.13 Å². The molecule has 2 heterocycles. The summed E-state index contributed by atoms with van der Waals surface area (Å²) in [5, 5.41) is 4.97. The molecule has 1 aromatic carbocycles. The predicted molar refractivity (Wildman–Crippen MR) is 108 cm³/mol. The zero-order chi connectivity index (χ0) is 19.9. The van der Waals surface area contributed by atoms with Crippen molar-refractivity contribution in [3.63, 3.8) is 0 Å². The molecule has 1 aliphatic heterocycles. The molecule has 0 saturated carbocycles. The molecule has 1 saturated heterocycles. The van der Waals surface area contributed by atoms with Gasteiger partial charge in [-0.05, 0) is 24.5 Å². The Morgan fingerprint density at radius 3 is 2.61 bits per heavy atom. The van der Waals surface area contributed by atoms with Crippen LogP contribution in [0.2, 0.25) is 0 Å². The van der Waals surface area contributed by atoms with E-state index in [1.54, 1.807) is 22.4 Å². The van der Waals surface area contributed by atoms with E-state index in [0.29, 0.717) is 36.8 Å². The smallest absolute Gasteiger partial charge is 0.246 e. The molecular formula is C20H22N4O3S. The largest absolute Gasteiger partial charge is 0.369 e. The second kappa shape index (κ2) is 9.27. The topological polar surface area (TPSA) is 105 Å². The number of likely N-dealkylation sites (tertiary alicyclic amines) is 1. The van der Waals surface area contributed by atoms with Crippen molar-refractivity contribution < 1.29 is 14.4 Å². The van der Waals surface area contributed by atoms with Crippen LogP contribution in [0.25, 0.3) is 6.08 Å². The van der Waals surface area contributed by atoms with Gasteiger partial charge in [0.25, 0.3) is 0 Å². The van der Waals surface area contributed by atoms with Crippen LogP contribution in [0, 0.1) is 5.92 Å². The van der Waals surface area contributed by atoms with Crippen LogP contribution in [0.3, 0.4) is 0 Å². The van der Waals surface area contributed by atoms with Crippen LogP contribution >= 0.6 is 11.3 Å². The molecule has 3 rings (SSSR count). The van der Waals surface area contributed by atoms with E-state index in [1.165, 1.54) is 11.3 Å². The maximum atomic E-state index is 12.4. The molecule has 0 atom stereocenters. The van der Waals surface area contributed by atoms with E-state index >= 15 is 0 Å². The molecule has 146 valence electrons. The van der Waals surface area contributed by atoms with Crippen molar-refractivity contribution >= 4 is 40.3 Å². The van der Waals surface area contributed by atoms with Crippen LogP contribution in [0.5, 0.6) is 0 Å². The van der Waals surface area contributed by atoms with E-state index in [0.717, 1.165) is 5.56 Å². The number of rotatable bonds is 6. The Balaban J connectivity index is 1.47. The van der Waals surface area contributed by atoms with Crippen LogP contribution in [-0.2, 0) is 20.8 Å². The quantitative estimate of drug-likeness (QED) is 0.727. The number of primary amides is 1. The Hall–Kier alpha value is -3.00. The molecule has 0 radical (unpaired) electrons. The lowest BCUT2D eigenvalue weighted by Crippen LogP contribution is -2.40. The minimum Gasteiger partial charge on any atom is -0.369 e. The average molecular weight is 398 g/mol. The minimum atomic E-state index is -0.457. The molecular weight excluding hydrogens is 376 g/mol. The van der Waals surface area contributed by atoms with Crippen molar-refractivity contribution in [2.24, 2.45) is 11.7 Å². The Kier molecular flexibility index (Phi) is 6.54. The van der Waals surface area contributed by atoms with Gasteiger partial charge in [-0.15, -0.1) is 11.3 Å². The molecule has 3 N–H and O–H groups in total. The number of nitrogens with one attached hydrogen (secondary N) is 1. The van der Waals surface area contributed by atoms with Crippen molar-refractivity contribution in [2.75, 3.05) is 18.4 Å². The zero-order valence-electron chi connectivity index (χ0n) is 15.3. The number of anilines is 1. The van der Waals surface area contributed by atoms with E-state index in [1.807, 2.05) is 30.3 Å². The monoisotopic (exact) mass is 398 g/mol. The third kappa shape index (κ3) is 5.50. The van der Waals surface area contributed by atoms with Gasteiger partial charge >= 0.3 is 0 Å². The summed E-state index contributed by atoms with van der Waals surface area (Å²) >= 11 is 1.27. The number of aromatic nitrogens is 1. The van der Waals surface area contributed by atoms with Crippen molar-refractivity contribution in [3.05, 3.63) is 53.0 Å². The Morgan fingerprint density at radius 2 is 1.93 bits per heavy atom. The van der Waals surface area contributed by atoms with Gasteiger partial charge in [-0.3, -0.25) is 14.4 Å². The van der Waals surface area contributed by atoms with Gasteiger partial charge in [0.1, 0.15) is 0 Å². The summed E-state index contributed by atoms with van der Waals surface area (Å²) < 4.78 is 0. The Morgan fingerprint density at radius 1 is 1.21 bits per heavy atom. The zero-order valence-corrected chi connectivity index (χ0v) is 16.2. The maximum Gasteiger partial charge on any atom is 0.246 e. The van der Waals surface area contributed by atoms with E-state index in [9.17, 15) is 14.4 Å². The Bertz CT molecular complexity index is 871. The highest BCUT2D eigenvalue weighted by atomic mass is 32.1. The van der Waals surface area contributed by atoms with Crippen LogP contribution in [0.1, 0.15) is 24.1 Å². The molecule has 0 bridgehead atoms. The highest BCUT2D eigenvalue weighted by Crippen LogP contribution is 2.22. The fourth-order valence-electron chi connectivity index (χ4n) is 3.03. The van der Waals surface area contributed by atoms with Crippen molar-refractivity contribution in [1.82, 2.24) is 9.88 Å². The number of carbonyl (C=O) groups is 3. The van der Waals surface area contributed by atoms with Gasteiger partial charge in [-0.2, -0.15) is 0 Å². The van der Waals surface area contributed by atoms with Gasteiger partial charge in [0, 0.05) is 30.5 Å². The normalized spacial score (nSPS) is 14.9. The number of nitrogens with two attached hydrogens (primary N) is 1. The average Bonchev–Trinajstić information content (AvgIpc) is 3.13. The second-order valence-electron chi connectivity index (χ2n) is 6.62. The summed E-state index contributed by atoms with van der Waals surface area (Å²) in [6.07, 6.45) is 4.65. The van der Waals surface area contributed by atoms with E-state index in [-0.39, 0.29) is 24.2 Å². The number of thiazole rings is 1. The van der Waals surface area contributed by atoms with Gasteiger partial charge in [-0.25, -0.2) is 4.98 Å². The molecule has 2 aromatic rings. The fourth-order valence-corrected chi connectivity index (χ4v) is 3.74. The number of hydrogen-bond donors (Lipinski definition) is 2. The van der Waals surface area contributed by atoms with E-state index in [2.05, 4.69) is 10.3 Å². The minimum absolute atomic E-state index is 0.0428. The molecule has 3 amide bonds. The van der Waals surface area contributed by atoms with Crippen LogP contribution in [-0.4, -0.2) is 40.7 Å². The highest BCUT2D eigenvalue weighted by molar-refractivity contribution is 7.13. The summed E-state index contributed by atoms with van der Waals surface area (Å²) in [4.78, 5) is 41.6. The van der Waals surface area contributed by atoms with E-state index in [4.69, 9.17) is 5.73 Å². The fraction of sp³-hybridized carbons (Fsp3) is 0.300. The van der Waals surface area contributed by atoms with E-state index < -0.39 is 5.91 Å². The molecule has 7 nitrogen and oxygen atoms in total. The molecule has 0 aliphatic carbocycles. The number of hydrogen-bond acceptors (Lipinski definition) is 5. The highest BCUT2D eigenvalue weighted by Gasteiger charge is 2.27. The van der Waals surface area contributed by atoms with Gasteiger partial charge < -0.3 is 16.0 Å². The molecule has 0 spiro atoms. The first-order valence-electron chi connectivity index (χ1n) is 9.07. The van der Waals surface area contributed by atoms with Crippen LogP contribution in [0.15, 0.2) is 41.8 Å². The summed E-state index contributed by atoms with van der Waals surface area (Å²) in [5.74, 6) is -0.766. The summed E-state index contributed by atoms with van der Waals surface area (Å²) in [6.45, 7) is 1.09. The first-order chi connectivity index (χ1) is 13.5. The number of nitrogens with zero attached hydrogens (tertiary/aromatic N) is 2. The number of carbonyl (C=O) groups excluding carboxylic acids is 3. The van der Waals surface area contributed by atoms with Gasteiger partial charge in [-0.1, -0.05) is 30.3 Å². The lowest BCUT2D eigenvalue weighted by Gasteiger charge is -2.30. The maximum absolute atomic E-state index is 12.4. The third-order valence-electron chi connectivity index (χ3n) is 4.53. The van der Waals surface area contributed by atoms with Gasteiger partial charge in [0.15, 0.2) is 5.13 Å². The standard InChI is InChI=1S/C20H22N4O3S/c21-17(25)12-16-13-28-20(22-16)23-19(27)15-8-10-24(11-9-15)18(26)7-6-14-4-2-1-3-5-14/h1-7,13,15H,8-12H2,(H2,21,25)(H,22,23,27)/b7-6+. The summed E-state index contributed by atoms with van der Waals surface area (Å²) in [7, 11) is 0. The first-order valence-corrected chi connectivity index (χ1v) is 9.95. The lowest BCUT2D eigenvalue weighted by molar-refractivity contribution is -0.130. The van der Waals surface area contributed by atoms with Gasteiger partial charge in [0.05, 0.1) is 12.1 Å². The second-order valence-corrected chi connectivity index (χ2v) is 7.48. The molecule has 1 aliphatic rings. The lowest BCUT2D eigenvalue weighted by atomic mass is 9.96. The van der Waals surface area contributed by atoms with Crippen LogP contribution < -0.4 is 11.1 Å².